The third kappa shape index (κ3) is 2.66. The van der Waals surface area contributed by atoms with Crippen molar-refractivity contribution in [3.05, 3.63) is 40.8 Å². The van der Waals surface area contributed by atoms with E-state index in [4.69, 9.17) is 5.73 Å². The van der Waals surface area contributed by atoms with Crippen molar-refractivity contribution in [1.82, 2.24) is 4.98 Å². The van der Waals surface area contributed by atoms with Crippen LogP contribution in [0.5, 0.6) is 0 Å². The van der Waals surface area contributed by atoms with Gasteiger partial charge >= 0.3 is 0 Å². The van der Waals surface area contributed by atoms with Gasteiger partial charge in [-0.1, -0.05) is 11.3 Å². The number of rotatable bonds is 3. The molecule has 102 valence electrons. The number of aromatic nitrogens is 1. The van der Waals surface area contributed by atoms with Crippen LogP contribution in [0.3, 0.4) is 0 Å². The number of nitrogens with zero attached hydrogens (tertiary/aromatic N) is 1. The predicted molar refractivity (Wildman–Crippen MR) is 62.3 cm³/mol. The lowest BCUT2D eigenvalue weighted by atomic mass is 10.2. The van der Waals surface area contributed by atoms with Crippen molar-refractivity contribution in [1.29, 1.82) is 0 Å². The Hall–Kier alpha value is -1.35. The van der Waals surface area contributed by atoms with Gasteiger partial charge in [0.2, 0.25) is 5.82 Å². The molecule has 2 rings (SSSR count). The van der Waals surface area contributed by atoms with Gasteiger partial charge in [0.25, 0.3) is 0 Å². The summed E-state index contributed by atoms with van der Waals surface area (Å²) in [4.78, 5) is 3.70. The van der Waals surface area contributed by atoms with Crippen LogP contribution < -0.4 is 5.73 Å². The summed E-state index contributed by atoms with van der Waals surface area (Å²) in [7, 11) is 0. The molecule has 9 heteroatoms. The van der Waals surface area contributed by atoms with Crippen molar-refractivity contribution in [2.45, 2.75) is 9.96 Å². The van der Waals surface area contributed by atoms with Crippen LogP contribution >= 0.6 is 23.1 Å². The highest BCUT2D eigenvalue weighted by molar-refractivity contribution is 8.00. The van der Waals surface area contributed by atoms with Crippen LogP contribution in [0, 0.1) is 29.1 Å². The van der Waals surface area contributed by atoms with E-state index in [2.05, 4.69) is 4.98 Å². The molecule has 0 aliphatic heterocycles. The van der Waals surface area contributed by atoms with Crippen LogP contribution in [0.1, 0.15) is 5.56 Å². The lowest BCUT2D eigenvalue weighted by Crippen LogP contribution is -2.06. The molecular weight excluding hydrogens is 307 g/mol. The molecule has 0 fully saturated rings. The second kappa shape index (κ2) is 5.33. The quantitative estimate of drug-likeness (QED) is 0.406. The normalized spacial score (nSPS) is 11.0. The minimum absolute atomic E-state index is 0.250. The summed E-state index contributed by atoms with van der Waals surface area (Å²) in [5, 5.41) is 0.250. The highest BCUT2D eigenvalue weighted by Gasteiger charge is 2.25. The molecule has 19 heavy (non-hydrogen) atoms. The summed E-state index contributed by atoms with van der Waals surface area (Å²) in [6.07, 6.45) is 1.36. The van der Waals surface area contributed by atoms with Gasteiger partial charge in [-0.15, -0.1) is 11.8 Å². The third-order valence-corrected chi connectivity index (χ3v) is 4.21. The van der Waals surface area contributed by atoms with Crippen molar-refractivity contribution >= 4 is 28.2 Å². The number of thiazole rings is 1. The summed E-state index contributed by atoms with van der Waals surface area (Å²) >= 11 is 1.94. The number of halogens is 5. The Bertz CT molecular complexity index is 600. The Morgan fingerprint density at radius 2 is 1.53 bits per heavy atom. The molecule has 0 unspecified atom stereocenters. The second-order valence-corrected chi connectivity index (χ2v) is 5.69. The Balaban J connectivity index is 2.30. The minimum atomic E-state index is -2.16. The topological polar surface area (TPSA) is 38.9 Å². The van der Waals surface area contributed by atoms with E-state index in [-0.39, 0.29) is 5.13 Å². The first-order valence-corrected chi connectivity index (χ1v) is 6.56. The summed E-state index contributed by atoms with van der Waals surface area (Å²) < 4.78 is 65.9. The molecule has 0 radical (unpaired) electrons. The van der Waals surface area contributed by atoms with E-state index in [1.54, 1.807) is 0 Å². The van der Waals surface area contributed by atoms with Crippen molar-refractivity contribution < 1.29 is 22.0 Å². The van der Waals surface area contributed by atoms with E-state index in [0.29, 0.717) is 4.21 Å². The Labute approximate surface area is 112 Å². The molecule has 0 aliphatic carbocycles. The molecule has 2 aromatic rings. The van der Waals surface area contributed by atoms with E-state index in [9.17, 15) is 22.0 Å². The molecule has 1 aromatic carbocycles. The van der Waals surface area contributed by atoms with Gasteiger partial charge in [0.1, 0.15) is 0 Å². The highest BCUT2D eigenvalue weighted by atomic mass is 32.2. The largest absolute Gasteiger partial charge is 0.375 e. The first kappa shape index (κ1) is 14.1. The lowest BCUT2D eigenvalue weighted by molar-refractivity contribution is 0.372. The number of nitrogens with two attached hydrogens (primary N) is 1. The molecule has 1 aromatic heterocycles. The van der Waals surface area contributed by atoms with Gasteiger partial charge in [-0.25, -0.2) is 26.9 Å². The average molecular weight is 312 g/mol. The SMILES string of the molecule is Nc1ncc(SCc2c(F)c(F)c(F)c(F)c2F)s1. The fraction of sp³-hybridized carbons (Fsp3) is 0.100. The van der Waals surface area contributed by atoms with E-state index in [0.717, 1.165) is 23.1 Å². The lowest BCUT2D eigenvalue weighted by Gasteiger charge is -2.06. The van der Waals surface area contributed by atoms with Crippen LogP contribution in [-0.4, -0.2) is 4.98 Å². The zero-order valence-corrected chi connectivity index (χ0v) is 10.6. The predicted octanol–water partition coefficient (Wildman–Crippen LogP) is 3.71. The third-order valence-electron chi connectivity index (χ3n) is 2.16. The first-order chi connectivity index (χ1) is 8.91. The monoisotopic (exact) mass is 312 g/mol. The molecule has 0 aliphatic rings. The zero-order chi connectivity index (χ0) is 14.2. The van der Waals surface area contributed by atoms with E-state index in [1.165, 1.54) is 6.20 Å². The highest BCUT2D eigenvalue weighted by Crippen LogP contribution is 2.32. The number of anilines is 1. The number of nitrogen functional groups attached to an aromatic ring is 1. The van der Waals surface area contributed by atoms with Gasteiger partial charge in [0, 0.05) is 11.3 Å². The maximum Gasteiger partial charge on any atom is 0.200 e. The molecule has 0 atom stereocenters. The average Bonchev–Trinajstić information content (AvgIpc) is 2.80. The summed E-state index contributed by atoms with van der Waals surface area (Å²) in [6.45, 7) is 0. The second-order valence-electron chi connectivity index (χ2n) is 3.35. The molecular formula is C10H5F5N2S2. The van der Waals surface area contributed by atoms with Crippen LogP contribution in [0.4, 0.5) is 27.1 Å². The van der Waals surface area contributed by atoms with E-state index >= 15 is 0 Å². The molecule has 0 saturated heterocycles. The number of benzene rings is 1. The van der Waals surface area contributed by atoms with Gasteiger partial charge < -0.3 is 5.73 Å². The summed E-state index contributed by atoms with van der Waals surface area (Å²) in [5.41, 5.74) is 4.48. The molecule has 1 heterocycles. The van der Waals surface area contributed by atoms with Crippen molar-refractivity contribution in [3.8, 4) is 0 Å². The maximum absolute atomic E-state index is 13.3. The standard InChI is InChI=1S/C10H5F5N2S2/c11-5-3(2-18-4-1-17-10(16)19-4)6(12)8(14)9(15)7(5)13/h1H,2H2,(H2,16,17). The fourth-order valence-electron chi connectivity index (χ4n) is 1.26. The van der Waals surface area contributed by atoms with Gasteiger partial charge in [0.15, 0.2) is 28.4 Å². The molecule has 2 nitrogen and oxygen atoms in total. The Morgan fingerprint density at radius 3 is 2.00 bits per heavy atom. The Kier molecular flexibility index (Phi) is 3.95. The smallest absolute Gasteiger partial charge is 0.200 e. The zero-order valence-electron chi connectivity index (χ0n) is 9.02. The minimum Gasteiger partial charge on any atom is -0.375 e. The van der Waals surface area contributed by atoms with Gasteiger partial charge in [-0.3, -0.25) is 0 Å². The number of thioether (sulfide) groups is 1. The number of hydrogen-bond acceptors (Lipinski definition) is 4. The number of hydrogen-bond donors (Lipinski definition) is 1. The first-order valence-electron chi connectivity index (χ1n) is 4.76. The van der Waals surface area contributed by atoms with Crippen LogP contribution in [-0.2, 0) is 5.75 Å². The van der Waals surface area contributed by atoms with E-state index in [1.807, 2.05) is 0 Å². The summed E-state index contributed by atoms with van der Waals surface area (Å²) in [6, 6.07) is 0. The molecule has 2 N–H and O–H groups in total. The van der Waals surface area contributed by atoms with Crippen LogP contribution in [0.15, 0.2) is 10.4 Å². The molecule has 0 spiro atoms. The van der Waals surface area contributed by atoms with Crippen molar-refractivity contribution in [2.24, 2.45) is 0 Å². The van der Waals surface area contributed by atoms with Crippen LogP contribution in [0.2, 0.25) is 0 Å². The fourth-order valence-corrected chi connectivity index (χ4v) is 3.01. The van der Waals surface area contributed by atoms with Crippen molar-refractivity contribution in [3.63, 3.8) is 0 Å². The van der Waals surface area contributed by atoms with Gasteiger partial charge in [-0.2, -0.15) is 0 Å². The molecule has 0 amide bonds. The molecule has 0 saturated carbocycles. The van der Waals surface area contributed by atoms with Crippen molar-refractivity contribution in [2.75, 3.05) is 5.73 Å². The Morgan fingerprint density at radius 1 is 1.00 bits per heavy atom. The van der Waals surface area contributed by atoms with E-state index < -0.39 is 40.4 Å². The van der Waals surface area contributed by atoms with Gasteiger partial charge in [0.05, 0.1) is 10.4 Å². The summed E-state index contributed by atoms with van der Waals surface area (Å²) in [5.74, 6) is -10.1. The molecule has 0 bridgehead atoms. The van der Waals surface area contributed by atoms with Gasteiger partial charge in [-0.05, 0) is 0 Å². The van der Waals surface area contributed by atoms with Crippen LogP contribution in [0.25, 0.3) is 0 Å². The maximum atomic E-state index is 13.3.